The van der Waals surface area contributed by atoms with Crippen LogP contribution in [0.25, 0.3) is 0 Å². The second kappa shape index (κ2) is 7.50. The van der Waals surface area contributed by atoms with Crippen molar-refractivity contribution in [3.05, 3.63) is 29.8 Å². The highest BCUT2D eigenvalue weighted by Gasteiger charge is 2.34. The zero-order chi connectivity index (χ0) is 14.6. The molecule has 0 spiro atoms. The van der Waals surface area contributed by atoms with E-state index in [0.717, 1.165) is 6.07 Å². The molecule has 7 heteroatoms. The number of alkyl halides is 3. The van der Waals surface area contributed by atoms with E-state index in [1.165, 1.54) is 18.2 Å². The first kappa shape index (κ1) is 18.7. The van der Waals surface area contributed by atoms with Crippen LogP contribution in [0.5, 0.6) is 0 Å². The number of benzene rings is 1. The summed E-state index contributed by atoms with van der Waals surface area (Å²) in [5.74, 6) is -0.705. The van der Waals surface area contributed by atoms with Gasteiger partial charge in [0.25, 0.3) is 0 Å². The topological polar surface area (TPSA) is 55.1 Å². The van der Waals surface area contributed by atoms with Gasteiger partial charge in [0.15, 0.2) is 0 Å². The van der Waals surface area contributed by atoms with Crippen LogP contribution in [0.3, 0.4) is 0 Å². The number of halogens is 4. The minimum Gasteiger partial charge on any atom is -0.324 e. The van der Waals surface area contributed by atoms with Crippen LogP contribution in [0.4, 0.5) is 18.9 Å². The Hall–Kier alpha value is -1.27. The van der Waals surface area contributed by atoms with Crippen LogP contribution in [-0.2, 0) is 11.0 Å². The highest BCUT2D eigenvalue weighted by molar-refractivity contribution is 5.95. The van der Waals surface area contributed by atoms with E-state index in [2.05, 4.69) is 5.32 Å². The molecule has 3 nitrogen and oxygen atoms in total. The van der Waals surface area contributed by atoms with Crippen molar-refractivity contribution in [2.24, 2.45) is 11.7 Å². The number of rotatable bonds is 4. The Balaban J connectivity index is 0.00000361. The number of amides is 1. The maximum atomic E-state index is 12.7. The summed E-state index contributed by atoms with van der Waals surface area (Å²) in [6.45, 7) is 3.64. The molecular formula is C13H18ClF3N2O. The SMILES string of the molecule is CCC(C)[C@H](N)C(=O)Nc1ccccc1C(F)(F)F.Cl. The molecule has 2 atom stereocenters. The fraction of sp³-hybridized carbons (Fsp3) is 0.462. The molecule has 20 heavy (non-hydrogen) atoms. The van der Waals surface area contributed by atoms with E-state index >= 15 is 0 Å². The lowest BCUT2D eigenvalue weighted by Crippen LogP contribution is -2.40. The summed E-state index contributed by atoms with van der Waals surface area (Å²) in [7, 11) is 0. The van der Waals surface area contributed by atoms with E-state index in [-0.39, 0.29) is 24.0 Å². The van der Waals surface area contributed by atoms with Crippen LogP contribution >= 0.6 is 12.4 Å². The lowest BCUT2D eigenvalue weighted by atomic mass is 9.99. The van der Waals surface area contributed by atoms with Crippen LogP contribution in [0, 0.1) is 5.92 Å². The first-order chi connectivity index (χ1) is 8.77. The minimum atomic E-state index is -4.51. The van der Waals surface area contributed by atoms with Gasteiger partial charge in [-0.2, -0.15) is 13.2 Å². The van der Waals surface area contributed by atoms with Crippen LogP contribution in [0.15, 0.2) is 24.3 Å². The van der Waals surface area contributed by atoms with Gasteiger partial charge in [-0.15, -0.1) is 12.4 Å². The maximum absolute atomic E-state index is 12.7. The molecule has 0 fully saturated rings. The third-order valence-electron chi connectivity index (χ3n) is 3.05. The van der Waals surface area contributed by atoms with Crippen molar-refractivity contribution >= 4 is 24.0 Å². The first-order valence-electron chi connectivity index (χ1n) is 6.00. The molecule has 1 aromatic rings. The molecule has 0 saturated carbocycles. The van der Waals surface area contributed by atoms with Gasteiger partial charge in [-0.1, -0.05) is 32.4 Å². The van der Waals surface area contributed by atoms with Gasteiger partial charge in [-0.05, 0) is 18.1 Å². The molecule has 1 aromatic carbocycles. The van der Waals surface area contributed by atoms with Crippen LogP contribution < -0.4 is 11.1 Å². The number of hydrogen-bond donors (Lipinski definition) is 2. The van der Waals surface area contributed by atoms with Crippen molar-refractivity contribution in [2.75, 3.05) is 5.32 Å². The molecule has 0 aliphatic carbocycles. The molecule has 0 aromatic heterocycles. The quantitative estimate of drug-likeness (QED) is 0.895. The fourth-order valence-corrected chi connectivity index (χ4v) is 1.57. The molecule has 0 radical (unpaired) electrons. The summed E-state index contributed by atoms with van der Waals surface area (Å²) in [6.07, 6.45) is -3.83. The lowest BCUT2D eigenvalue weighted by Gasteiger charge is -2.19. The lowest BCUT2D eigenvalue weighted by molar-refractivity contribution is -0.137. The van der Waals surface area contributed by atoms with Crippen molar-refractivity contribution in [1.29, 1.82) is 0 Å². The maximum Gasteiger partial charge on any atom is 0.418 e. The van der Waals surface area contributed by atoms with Crippen molar-refractivity contribution in [3.63, 3.8) is 0 Å². The van der Waals surface area contributed by atoms with E-state index < -0.39 is 23.7 Å². The molecule has 1 amide bonds. The van der Waals surface area contributed by atoms with E-state index in [9.17, 15) is 18.0 Å². The Morgan fingerprint density at radius 1 is 1.35 bits per heavy atom. The summed E-state index contributed by atoms with van der Waals surface area (Å²) in [4.78, 5) is 11.8. The Labute approximate surface area is 122 Å². The summed E-state index contributed by atoms with van der Waals surface area (Å²) in [6, 6.07) is 4.01. The van der Waals surface area contributed by atoms with Crippen LogP contribution in [-0.4, -0.2) is 11.9 Å². The second-order valence-electron chi connectivity index (χ2n) is 4.44. The van der Waals surface area contributed by atoms with Gasteiger partial charge in [0.1, 0.15) is 0 Å². The average molecular weight is 311 g/mol. The summed E-state index contributed by atoms with van der Waals surface area (Å²) >= 11 is 0. The number of nitrogens with one attached hydrogen (secondary N) is 1. The molecule has 114 valence electrons. The zero-order valence-electron chi connectivity index (χ0n) is 11.2. The largest absolute Gasteiger partial charge is 0.418 e. The molecule has 0 aliphatic heterocycles. The predicted octanol–water partition coefficient (Wildman–Crippen LogP) is 3.44. The number of nitrogens with two attached hydrogens (primary N) is 1. The second-order valence-corrected chi connectivity index (χ2v) is 4.44. The molecular weight excluding hydrogens is 293 g/mol. The monoisotopic (exact) mass is 310 g/mol. The van der Waals surface area contributed by atoms with E-state index in [4.69, 9.17) is 5.73 Å². The fourth-order valence-electron chi connectivity index (χ4n) is 1.57. The van der Waals surface area contributed by atoms with Crippen molar-refractivity contribution in [2.45, 2.75) is 32.5 Å². The molecule has 0 aliphatic rings. The zero-order valence-corrected chi connectivity index (χ0v) is 12.0. The van der Waals surface area contributed by atoms with Gasteiger partial charge in [-0.3, -0.25) is 4.79 Å². The third kappa shape index (κ3) is 4.68. The minimum absolute atomic E-state index is 0. The van der Waals surface area contributed by atoms with Crippen molar-refractivity contribution in [3.8, 4) is 0 Å². The average Bonchev–Trinajstić information content (AvgIpc) is 2.36. The molecule has 0 saturated heterocycles. The number of hydrogen-bond acceptors (Lipinski definition) is 2. The van der Waals surface area contributed by atoms with Gasteiger partial charge in [0.2, 0.25) is 5.91 Å². The molecule has 0 bridgehead atoms. The van der Waals surface area contributed by atoms with Crippen LogP contribution in [0.2, 0.25) is 0 Å². The van der Waals surface area contributed by atoms with E-state index in [1.54, 1.807) is 6.92 Å². The van der Waals surface area contributed by atoms with Gasteiger partial charge < -0.3 is 11.1 Å². The Morgan fingerprint density at radius 3 is 2.40 bits per heavy atom. The van der Waals surface area contributed by atoms with Gasteiger partial charge >= 0.3 is 6.18 Å². The molecule has 0 heterocycles. The standard InChI is InChI=1S/C13H17F3N2O.ClH/c1-3-8(2)11(17)12(19)18-10-7-5-4-6-9(10)13(14,15)16;/h4-8,11H,3,17H2,1-2H3,(H,18,19);1H/t8?,11-;/m0./s1. The number of carbonyl (C=O) groups excluding carboxylic acids is 1. The first-order valence-corrected chi connectivity index (χ1v) is 6.00. The highest BCUT2D eigenvalue weighted by Crippen LogP contribution is 2.34. The highest BCUT2D eigenvalue weighted by atomic mass is 35.5. The predicted molar refractivity (Wildman–Crippen MR) is 74.8 cm³/mol. The van der Waals surface area contributed by atoms with Gasteiger partial charge in [0, 0.05) is 0 Å². The Morgan fingerprint density at radius 2 is 1.90 bits per heavy atom. The van der Waals surface area contributed by atoms with E-state index in [0.29, 0.717) is 6.42 Å². The van der Waals surface area contributed by atoms with Crippen molar-refractivity contribution in [1.82, 2.24) is 0 Å². The normalized spacial score (nSPS) is 14.1. The molecule has 3 N–H and O–H groups in total. The van der Waals surface area contributed by atoms with Gasteiger partial charge in [-0.25, -0.2) is 0 Å². The van der Waals surface area contributed by atoms with E-state index in [1.807, 2.05) is 6.92 Å². The third-order valence-corrected chi connectivity index (χ3v) is 3.05. The summed E-state index contributed by atoms with van der Waals surface area (Å²) in [5, 5.41) is 2.25. The Bertz CT molecular complexity index is 451. The number of carbonyl (C=O) groups is 1. The molecule has 1 rings (SSSR count). The number of para-hydroxylation sites is 1. The van der Waals surface area contributed by atoms with Crippen LogP contribution in [0.1, 0.15) is 25.8 Å². The Kier molecular flexibility index (Phi) is 7.02. The summed E-state index contributed by atoms with van der Waals surface area (Å²) < 4.78 is 38.2. The van der Waals surface area contributed by atoms with Crippen molar-refractivity contribution < 1.29 is 18.0 Å². The molecule has 1 unspecified atom stereocenters. The van der Waals surface area contributed by atoms with Gasteiger partial charge in [0.05, 0.1) is 17.3 Å². The smallest absolute Gasteiger partial charge is 0.324 e. The number of anilines is 1. The summed E-state index contributed by atoms with van der Waals surface area (Å²) in [5.41, 5.74) is 4.54.